The van der Waals surface area contributed by atoms with Crippen LogP contribution in [0.2, 0.25) is 0 Å². The molecule has 10 heteroatoms. The first-order chi connectivity index (χ1) is 21.9. The number of benzene rings is 1. The molecule has 0 spiro atoms. The average molecular weight is 662 g/mol. The molecule has 0 saturated carbocycles. The lowest BCUT2D eigenvalue weighted by molar-refractivity contribution is 0.229. The van der Waals surface area contributed by atoms with E-state index in [1.807, 2.05) is 6.92 Å². The van der Waals surface area contributed by atoms with Gasteiger partial charge < -0.3 is 9.88 Å². The minimum Gasteiger partial charge on any atom is -0.312 e. The summed E-state index contributed by atoms with van der Waals surface area (Å²) in [7, 11) is -3.26. The minimum atomic E-state index is -3.26. The summed E-state index contributed by atoms with van der Waals surface area (Å²) < 4.78 is 57.2. The van der Waals surface area contributed by atoms with Crippen LogP contribution in [-0.4, -0.2) is 58.4 Å². The van der Waals surface area contributed by atoms with Gasteiger partial charge in [-0.05, 0) is 101 Å². The summed E-state index contributed by atoms with van der Waals surface area (Å²) in [4.78, 5) is 0. The summed E-state index contributed by atoms with van der Waals surface area (Å²) in [5, 5.41) is 13.0. The number of halogens is 2. The summed E-state index contributed by atoms with van der Waals surface area (Å²) in [5.74, 6) is 1.11. The van der Waals surface area contributed by atoms with Crippen molar-refractivity contribution < 1.29 is 17.2 Å². The van der Waals surface area contributed by atoms with Gasteiger partial charge in [-0.15, -0.1) is 10.2 Å². The predicted molar refractivity (Wildman–Crippen MR) is 180 cm³/mol. The number of hydrogen-bond acceptors (Lipinski definition) is 5. The molecule has 2 bridgehead atoms. The lowest BCUT2D eigenvalue weighted by Gasteiger charge is -2.36. The van der Waals surface area contributed by atoms with Gasteiger partial charge in [0.05, 0.1) is 6.26 Å². The van der Waals surface area contributed by atoms with Crippen LogP contribution < -0.4 is 5.32 Å². The van der Waals surface area contributed by atoms with Crippen LogP contribution in [0.1, 0.15) is 152 Å². The fourth-order valence-corrected chi connectivity index (χ4v) is 9.78. The summed E-state index contributed by atoms with van der Waals surface area (Å²) in [6.07, 6.45) is 19.5. The Balaban J connectivity index is 1.23. The number of aromatic nitrogens is 3. The van der Waals surface area contributed by atoms with E-state index in [0.717, 1.165) is 49.4 Å². The molecular weight excluding hydrogens is 604 g/mol. The first kappa shape index (κ1) is 35.4. The molecule has 1 aromatic carbocycles. The van der Waals surface area contributed by atoms with Gasteiger partial charge in [0.25, 0.3) is 0 Å². The lowest BCUT2D eigenvalue weighted by atomic mass is 9.77. The number of piperidine rings is 2. The highest BCUT2D eigenvalue weighted by molar-refractivity contribution is 7.88. The van der Waals surface area contributed by atoms with E-state index in [1.165, 1.54) is 86.9 Å². The van der Waals surface area contributed by atoms with Crippen LogP contribution in [-0.2, 0) is 10.0 Å². The van der Waals surface area contributed by atoms with E-state index >= 15 is 0 Å². The van der Waals surface area contributed by atoms with Crippen LogP contribution in [0.3, 0.4) is 0 Å². The molecule has 0 radical (unpaired) electrons. The summed E-state index contributed by atoms with van der Waals surface area (Å²) >= 11 is 0. The third-order valence-corrected chi connectivity index (χ3v) is 12.6. The molecule has 0 aliphatic carbocycles. The normalized spacial score (nSPS) is 24.1. The zero-order chi connectivity index (χ0) is 32.9. The lowest BCUT2D eigenvalue weighted by Crippen LogP contribution is -2.46. The third-order valence-electron chi connectivity index (χ3n) is 11.3. The molecule has 3 fully saturated rings. The maximum atomic E-state index is 14.5. The molecule has 1 aromatic heterocycles. The van der Waals surface area contributed by atoms with E-state index in [0.29, 0.717) is 37.0 Å². The van der Waals surface area contributed by atoms with Crippen molar-refractivity contribution in [1.82, 2.24) is 24.4 Å². The van der Waals surface area contributed by atoms with Gasteiger partial charge in [0.1, 0.15) is 23.3 Å². The summed E-state index contributed by atoms with van der Waals surface area (Å²) in [6, 6.07) is 4.85. The van der Waals surface area contributed by atoms with Crippen LogP contribution in [0.4, 0.5) is 8.78 Å². The van der Waals surface area contributed by atoms with Gasteiger partial charge in [-0.3, -0.25) is 0 Å². The van der Waals surface area contributed by atoms with E-state index in [9.17, 15) is 17.2 Å². The van der Waals surface area contributed by atoms with Crippen LogP contribution >= 0.6 is 0 Å². The average Bonchev–Trinajstić information content (AvgIpc) is 3.53. The van der Waals surface area contributed by atoms with E-state index in [-0.39, 0.29) is 23.8 Å². The second kappa shape index (κ2) is 15.5. The largest absolute Gasteiger partial charge is 0.312 e. The maximum absolute atomic E-state index is 14.5. The Morgan fingerprint density at radius 1 is 0.913 bits per heavy atom. The summed E-state index contributed by atoms with van der Waals surface area (Å²) in [5.41, 5.74) is 1.11. The SMILES string of the molecule is Cc1nnc(C(C)C)n1C(CCCCCCCC12CCCC(CC1)N2)CC[C@@H](c1cc(F)cc(F)c1)C1CCN(S(C)(=O)=O)CC1. The quantitative estimate of drug-likeness (QED) is 0.184. The van der Waals surface area contributed by atoms with Crippen molar-refractivity contribution in [2.45, 2.75) is 153 Å². The molecule has 258 valence electrons. The molecule has 46 heavy (non-hydrogen) atoms. The molecule has 0 amide bonds. The molecule has 3 unspecified atom stereocenters. The molecule has 1 N–H and O–H groups in total. The number of fused-ring (bicyclic) bond motifs is 2. The molecule has 3 saturated heterocycles. The topological polar surface area (TPSA) is 80.1 Å². The molecule has 2 aromatic rings. The fourth-order valence-electron chi connectivity index (χ4n) is 8.90. The number of rotatable bonds is 16. The van der Waals surface area contributed by atoms with E-state index < -0.39 is 21.7 Å². The zero-order valence-corrected chi connectivity index (χ0v) is 29.4. The highest BCUT2D eigenvalue weighted by Crippen LogP contribution is 2.41. The van der Waals surface area contributed by atoms with Gasteiger partial charge in [0.2, 0.25) is 10.0 Å². The van der Waals surface area contributed by atoms with Gasteiger partial charge in [-0.2, -0.15) is 0 Å². The molecule has 4 heterocycles. The van der Waals surface area contributed by atoms with E-state index in [2.05, 4.69) is 33.9 Å². The van der Waals surface area contributed by atoms with E-state index in [1.54, 1.807) is 0 Å². The van der Waals surface area contributed by atoms with Crippen molar-refractivity contribution in [3.63, 3.8) is 0 Å². The molecular formula is C36H57F2N5O2S. The molecule has 3 aliphatic heterocycles. The van der Waals surface area contributed by atoms with Crippen molar-refractivity contribution in [3.05, 3.63) is 47.0 Å². The Hall–Kier alpha value is -1.91. The number of hydrogen-bond donors (Lipinski definition) is 1. The number of nitrogens with zero attached hydrogens (tertiary/aromatic N) is 4. The van der Waals surface area contributed by atoms with Crippen LogP contribution in [0, 0.1) is 24.5 Å². The Labute approximate surface area is 276 Å². The number of aryl methyl sites for hydroxylation is 1. The molecule has 3 aliphatic rings. The van der Waals surface area contributed by atoms with Crippen LogP contribution in [0.5, 0.6) is 0 Å². The Morgan fingerprint density at radius 2 is 1.61 bits per heavy atom. The van der Waals surface area contributed by atoms with Crippen molar-refractivity contribution in [2.24, 2.45) is 5.92 Å². The Morgan fingerprint density at radius 3 is 2.30 bits per heavy atom. The highest BCUT2D eigenvalue weighted by Gasteiger charge is 2.40. The van der Waals surface area contributed by atoms with Gasteiger partial charge in [0, 0.05) is 42.7 Å². The van der Waals surface area contributed by atoms with Crippen LogP contribution in [0.15, 0.2) is 18.2 Å². The van der Waals surface area contributed by atoms with Crippen LogP contribution in [0.25, 0.3) is 0 Å². The zero-order valence-electron chi connectivity index (χ0n) is 28.6. The van der Waals surface area contributed by atoms with Crippen molar-refractivity contribution in [1.29, 1.82) is 0 Å². The monoisotopic (exact) mass is 661 g/mol. The minimum absolute atomic E-state index is 0.0587. The van der Waals surface area contributed by atoms with Crippen molar-refractivity contribution in [2.75, 3.05) is 19.3 Å². The number of nitrogens with one attached hydrogen (secondary N) is 1. The highest BCUT2D eigenvalue weighted by atomic mass is 32.2. The standard InChI is InChI=1S/C36H57F2N5O2S/c1-26(2)35-41-40-27(3)43(35)33(12-8-6-5-7-9-18-36-19-10-11-32(39-36)15-20-36)13-14-34(29-23-30(37)25-31(38)24-29)28-16-21-42(22-17-28)46(4,44)45/h23-26,28,32-34,39H,5-22H2,1-4H3/t32?,33?,34-,36?/m1/s1. The summed E-state index contributed by atoms with van der Waals surface area (Å²) in [6.45, 7) is 7.22. The van der Waals surface area contributed by atoms with Gasteiger partial charge in [0.15, 0.2) is 0 Å². The Kier molecular flexibility index (Phi) is 12.0. The second-order valence-corrected chi connectivity index (χ2v) is 17.0. The predicted octanol–water partition coefficient (Wildman–Crippen LogP) is 8.17. The second-order valence-electron chi connectivity index (χ2n) is 15.0. The number of unbranched alkanes of at least 4 members (excludes halogenated alkanes) is 4. The van der Waals surface area contributed by atoms with Gasteiger partial charge >= 0.3 is 0 Å². The smallest absolute Gasteiger partial charge is 0.211 e. The molecule has 5 rings (SSSR count). The Bertz CT molecular complexity index is 1370. The van der Waals surface area contributed by atoms with Crippen molar-refractivity contribution >= 4 is 10.0 Å². The fraction of sp³-hybridized carbons (Fsp3) is 0.778. The molecule has 4 atom stereocenters. The third kappa shape index (κ3) is 8.95. The first-order valence-electron chi connectivity index (χ1n) is 18.0. The first-order valence-corrected chi connectivity index (χ1v) is 19.9. The number of sulfonamides is 1. The maximum Gasteiger partial charge on any atom is 0.211 e. The van der Waals surface area contributed by atoms with Gasteiger partial charge in [-0.25, -0.2) is 21.5 Å². The molecule has 7 nitrogen and oxygen atoms in total. The van der Waals surface area contributed by atoms with Crippen molar-refractivity contribution in [3.8, 4) is 0 Å². The van der Waals surface area contributed by atoms with Gasteiger partial charge in [-0.1, -0.05) is 52.4 Å². The van der Waals surface area contributed by atoms with E-state index in [4.69, 9.17) is 0 Å².